The van der Waals surface area contributed by atoms with Gasteiger partial charge >= 0.3 is 12.0 Å². The maximum atomic E-state index is 12.6. The number of piperidine rings is 1. The van der Waals surface area contributed by atoms with Crippen LogP contribution >= 0.6 is 0 Å². The molecule has 0 saturated carbocycles. The van der Waals surface area contributed by atoms with Gasteiger partial charge in [0.05, 0.1) is 0 Å². The second-order valence-electron chi connectivity index (χ2n) is 6.72. The Morgan fingerprint density at radius 1 is 1.19 bits per heavy atom. The van der Waals surface area contributed by atoms with Gasteiger partial charge in [0.1, 0.15) is 0 Å². The van der Waals surface area contributed by atoms with Crippen LogP contribution in [-0.4, -0.2) is 53.1 Å². The molecule has 0 aromatic rings. The molecule has 2 amide bonds. The molecule has 2 heterocycles. The Morgan fingerprint density at radius 3 is 2.52 bits per heavy atom. The minimum atomic E-state index is -0.740. The molecule has 0 aromatic carbocycles. The van der Waals surface area contributed by atoms with E-state index in [1.165, 1.54) is 0 Å². The summed E-state index contributed by atoms with van der Waals surface area (Å²) in [5, 5.41) is 8.93. The number of urea groups is 1. The molecule has 2 saturated heterocycles. The van der Waals surface area contributed by atoms with E-state index < -0.39 is 5.97 Å². The van der Waals surface area contributed by atoms with Crippen LogP contribution < -0.4 is 0 Å². The molecule has 5 heteroatoms. The van der Waals surface area contributed by atoms with Crippen molar-refractivity contribution >= 4 is 12.0 Å². The highest BCUT2D eigenvalue weighted by molar-refractivity contribution is 5.75. The van der Waals surface area contributed by atoms with Gasteiger partial charge in [0.2, 0.25) is 0 Å². The summed E-state index contributed by atoms with van der Waals surface area (Å²) in [5.74, 6) is 0.375. The van der Waals surface area contributed by atoms with Crippen LogP contribution in [0.1, 0.15) is 46.0 Å². The number of carbonyl (C=O) groups is 2. The summed E-state index contributed by atoms with van der Waals surface area (Å²) in [6.45, 7) is 7.49. The zero-order valence-corrected chi connectivity index (χ0v) is 13.3. The minimum Gasteiger partial charge on any atom is -0.481 e. The highest BCUT2D eigenvalue weighted by Gasteiger charge is 2.33. The number of hydrogen-bond acceptors (Lipinski definition) is 2. The monoisotopic (exact) mass is 296 g/mol. The maximum Gasteiger partial charge on any atom is 0.320 e. The van der Waals surface area contributed by atoms with Crippen LogP contribution in [0, 0.1) is 17.8 Å². The SMILES string of the molecule is CCC1CCN(C(=O)N2CCCC(C(C)CC(=O)O)C2)C1. The molecule has 1 N–H and O–H groups in total. The number of carboxylic acid groups (broad SMARTS) is 1. The summed E-state index contributed by atoms with van der Waals surface area (Å²) in [7, 11) is 0. The van der Waals surface area contributed by atoms with Crippen LogP contribution in [0.3, 0.4) is 0 Å². The molecule has 0 bridgehead atoms. The smallest absolute Gasteiger partial charge is 0.320 e. The molecule has 3 atom stereocenters. The van der Waals surface area contributed by atoms with Gasteiger partial charge in [-0.15, -0.1) is 0 Å². The van der Waals surface area contributed by atoms with Crippen LogP contribution in [-0.2, 0) is 4.79 Å². The van der Waals surface area contributed by atoms with Crippen molar-refractivity contribution in [3.63, 3.8) is 0 Å². The standard InChI is InChI=1S/C16H28N2O3/c1-3-13-6-8-18(10-13)16(21)17-7-4-5-14(11-17)12(2)9-15(19)20/h12-14H,3-11H2,1-2H3,(H,19,20). The molecule has 2 aliphatic rings. The first-order chi connectivity index (χ1) is 10.0. The van der Waals surface area contributed by atoms with Gasteiger partial charge in [-0.2, -0.15) is 0 Å². The molecular formula is C16H28N2O3. The van der Waals surface area contributed by atoms with Crippen molar-refractivity contribution in [2.75, 3.05) is 26.2 Å². The van der Waals surface area contributed by atoms with E-state index in [2.05, 4.69) is 6.92 Å². The second-order valence-corrected chi connectivity index (χ2v) is 6.72. The quantitative estimate of drug-likeness (QED) is 0.867. The molecule has 5 nitrogen and oxygen atoms in total. The molecule has 0 aliphatic carbocycles. The van der Waals surface area contributed by atoms with Crippen molar-refractivity contribution < 1.29 is 14.7 Å². The van der Waals surface area contributed by atoms with Gasteiger partial charge in [0.15, 0.2) is 0 Å². The lowest BCUT2D eigenvalue weighted by atomic mass is 9.85. The average Bonchev–Trinajstić information content (AvgIpc) is 2.95. The molecular weight excluding hydrogens is 268 g/mol. The summed E-state index contributed by atoms with van der Waals surface area (Å²) in [6, 6.07) is 0.165. The number of likely N-dealkylation sites (tertiary alicyclic amines) is 2. The summed E-state index contributed by atoms with van der Waals surface area (Å²) in [4.78, 5) is 27.4. The fourth-order valence-corrected chi connectivity index (χ4v) is 3.63. The zero-order valence-electron chi connectivity index (χ0n) is 13.3. The van der Waals surface area contributed by atoms with Crippen molar-refractivity contribution in [1.29, 1.82) is 0 Å². The van der Waals surface area contributed by atoms with Gasteiger partial charge in [-0.1, -0.05) is 20.3 Å². The Labute approximate surface area is 127 Å². The molecule has 3 unspecified atom stereocenters. The summed E-state index contributed by atoms with van der Waals surface area (Å²) < 4.78 is 0. The van der Waals surface area contributed by atoms with Gasteiger partial charge in [-0.05, 0) is 37.0 Å². The van der Waals surface area contributed by atoms with E-state index in [1.807, 2.05) is 16.7 Å². The fourth-order valence-electron chi connectivity index (χ4n) is 3.63. The third-order valence-electron chi connectivity index (χ3n) is 5.16. The van der Waals surface area contributed by atoms with Crippen LogP contribution in [0.25, 0.3) is 0 Å². The van der Waals surface area contributed by atoms with Crippen LogP contribution in [0.15, 0.2) is 0 Å². The van der Waals surface area contributed by atoms with E-state index in [4.69, 9.17) is 5.11 Å². The number of nitrogens with zero attached hydrogens (tertiary/aromatic N) is 2. The topological polar surface area (TPSA) is 60.9 Å². The molecule has 0 spiro atoms. The van der Waals surface area contributed by atoms with Crippen LogP contribution in [0.4, 0.5) is 4.79 Å². The molecule has 21 heavy (non-hydrogen) atoms. The lowest BCUT2D eigenvalue weighted by molar-refractivity contribution is -0.138. The number of amides is 2. The Balaban J connectivity index is 1.88. The maximum absolute atomic E-state index is 12.6. The normalized spacial score (nSPS) is 27.7. The predicted octanol–water partition coefficient (Wildman–Crippen LogP) is 2.66. The summed E-state index contributed by atoms with van der Waals surface area (Å²) in [6.07, 6.45) is 4.49. The van der Waals surface area contributed by atoms with Gasteiger partial charge < -0.3 is 14.9 Å². The Morgan fingerprint density at radius 2 is 1.90 bits per heavy atom. The van der Waals surface area contributed by atoms with Crippen LogP contribution in [0.5, 0.6) is 0 Å². The number of rotatable bonds is 4. The van der Waals surface area contributed by atoms with Crippen LogP contribution in [0.2, 0.25) is 0 Å². The third-order valence-corrected chi connectivity index (χ3v) is 5.16. The number of aliphatic carboxylic acids is 1. The number of carbonyl (C=O) groups excluding carboxylic acids is 1. The van der Waals surface area contributed by atoms with E-state index in [9.17, 15) is 9.59 Å². The lowest BCUT2D eigenvalue weighted by Gasteiger charge is -2.37. The highest BCUT2D eigenvalue weighted by atomic mass is 16.4. The Kier molecular flexibility index (Phi) is 5.48. The molecule has 2 aliphatic heterocycles. The van der Waals surface area contributed by atoms with Gasteiger partial charge in [0.25, 0.3) is 0 Å². The van der Waals surface area contributed by atoms with Crippen molar-refractivity contribution in [3.05, 3.63) is 0 Å². The largest absolute Gasteiger partial charge is 0.481 e. The van der Waals surface area contributed by atoms with E-state index in [1.54, 1.807) is 0 Å². The lowest BCUT2D eigenvalue weighted by Crippen LogP contribution is -2.48. The molecule has 0 radical (unpaired) electrons. The van der Waals surface area contributed by atoms with Crippen molar-refractivity contribution in [1.82, 2.24) is 9.80 Å². The highest BCUT2D eigenvalue weighted by Crippen LogP contribution is 2.28. The third kappa shape index (κ3) is 4.11. The van der Waals surface area contributed by atoms with Crippen molar-refractivity contribution in [2.24, 2.45) is 17.8 Å². The van der Waals surface area contributed by atoms with E-state index in [0.717, 1.165) is 51.9 Å². The summed E-state index contributed by atoms with van der Waals surface area (Å²) in [5.41, 5.74) is 0. The molecule has 2 rings (SSSR count). The Hall–Kier alpha value is -1.26. The first-order valence-corrected chi connectivity index (χ1v) is 8.26. The van der Waals surface area contributed by atoms with E-state index >= 15 is 0 Å². The van der Waals surface area contributed by atoms with Gasteiger partial charge in [-0.25, -0.2) is 4.79 Å². The Bertz CT molecular complexity index is 386. The fraction of sp³-hybridized carbons (Fsp3) is 0.875. The second kappa shape index (κ2) is 7.14. The predicted molar refractivity (Wildman–Crippen MR) is 81.1 cm³/mol. The number of hydrogen-bond donors (Lipinski definition) is 1. The average molecular weight is 296 g/mol. The molecule has 0 aromatic heterocycles. The molecule has 2 fully saturated rings. The van der Waals surface area contributed by atoms with Crippen molar-refractivity contribution in [3.8, 4) is 0 Å². The zero-order chi connectivity index (χ0) is 15.4. The van der Waals surface area contributed by atoms with Gasteiger partial charge in [0, 0.05) is 32.6 Å². The first-order valence-electron chi connectivity index (χ1n) is 8.26. The minimum absolute atomic E-state index is 0.139. The number of carboxylic acids is 1. The first kappa shape index (κ1) is 16.1. The summed E-state index contributed by atoms with van der Waals surface area (Å²) >= 11 is 0. The van der Waals surface area contributed by atoms with E-state index in [-0.39, 0.29) is 18.4 Å². The van der Waals surface area contributed by atoms with Gasteiger partial charge in [-0.3, -0.25) is 4.79 Å². The van der Waals surface area contributed by atoms with E-state index in [0.29, 0.717) is 11.8 Å². The molecule has 120 valence electrons. The van der Waals surface area contributed by atoms with Crippen molar-refractivity contribution in [2.45, 2.75) is 46.0 Å².